The average Bonchev–Trinajstić information content (AvgIpc) is 2.69. The van der Waals surface area contributed by atoms with Gasteiger partial charge in [0.1, 0.15) is 12.2 Å². The molecule has 0 aromatic carbocycles. The SMILES string of the molecule is COCC1O[C@@H](OCC2O[C@@H](C)C(C)[C@@H](O[Si](C)(C)C(C)(C)C)[C@H]2O)C(C)[C@@H](OC)[C@H]1C. The topological polar surface area (TPSA) is 75.6 Å². The van der Waals surface area contributed by atoms with Crippen molar-refractivity contribution < 1.29 is 33.2 Å². The van der Waals surface area contributed by atoms with Gasteiger partial charge in [-0.3, -0.25) is 0 Å². The molecule has 0 spiro atoms. The molecule has 0 radical (unpaired) electrons. The predicted octanol–water partition coefficient (Wildman–Crippen LogP) is 3.84. The van der Waals surface area contributed by atoms with Gasteiger partial charge in [0.25, 0.3) is 0 Å². The van der Waals surface area contributed by atoms with Crippen molar-refractivity contribution in [3.05, 3.63) is 0 Å². The van der Waals surface area contributed by atoms with E-state index in [0.717, 1.165) is 0 Å². The van der Waals surface area contributed by atoms with Gasteiger partial charge in [0.05, 0.1) is 37.6 Å². The fourth-order valence-electron chi connectivity index (χ4n) is 4.53. The molecule has 2 saturated heterocycles. The third-order valence-electron chi connectivity index (χ3n) is 7.99. The molecule has 0 saturated carbocycles. The van der Waals surface area contributed by atoms with E-state index in [0.29, 0.717) is 6.61 Å². The van der Waals surface area contributed by atoms with Crippen LogP contribution in [0.1, 0.15) is 48.5 Å². The molecule has 4 unspecified atom stereocenters. The lowest BCUT2D eigenvalue weighted by molar-refractivity contribution is -0.288. The first-order chi connectivity index (χ1) is 14.7. The predicted molar refractivity (Wildman–Crippen MR) is 127 cm³/mol. The quantitative estimate of drug-likeness (QED) is 0.534. The first-order valence-corrected chi connectivity index (χ1v) is 15.0. The monoisotopic (exact) mass is 476 g/mol. The highest BCUT2D eigenvalue weighted by atomic mass is 28.4. The highest BCUT2D eigenvalue weighted by Crippen LogP contribution is 2.41. The molecule has 2 aliphatic heterocycles. The smallest absolute Gasteiger partial charge is 0.192 e. The molecule has 0 amide bonds. The first kappa shape index (κ1) is 28.2. The van der Waals surface area contributed by atoms with Crippen LogP contribution in [0.3, 0.4) is 0 Å². The van der Waals surface area contributed by atoms with E-state index < -0.39 is 26.8 Å². The molecule has 10 atom stereocenters. The van der Waals surface area contributed by atoms with Crippen molar-refractivity contribution >= 4 is 8.32 Å². The van der Waals surface area contributed by atoms with Crippen LogP contribution in [0.4, 0.5) is 0 Å². The second kappa shape index (κ2) is 11.1. The molecule has 2 aliphatic rings. The van der Waals surface area contributed by atoms with Crippen molar-refractivity contribution in [3.8, 4) is 0 Å². The third kappa shape index (κ3) is 6.13. The van der Waals surface area contributed by atoms with E-state index in [-0.39, 0.29) is 53.8 Å². The second-order valence-electron chi connectivity index (χ2n) is 11.3. The summed E-state index contributed by atoms with van der Waals surface area (Å²) in [5.41, 5.74) is 0. The van der Waals surface area contributed by atoms with Gasteiger partial charge in [0.2, 0.25) is 0 Å². The number of methoxy groups -OCH3 is 2. The Morgan fingerprint density at radius 3 is 2.00 bits per heavy atom. The average molecular weight is 477 g/mol. The fourth-order valence-corrected chi connectivity index (χ4v) is 5.92. The lowest BCUT2D eigenvalue weighted by Gasteiger charge is -2.48. The van der Waals surface area contributed by atoms with Crippen LogP contribution in [0.15, 0.2) is 0 Å². The molecule has 190 valence electrons. The van der Waals surface area contributed by atoms with Gasteiger partial charge in [-0.25, -0.2) is 0 Å². The van der Waals surface area contributed by atoms with Crippen molar-refractivity contribution in [3.63, 3.8) is 0 Å². The number of ether oxygens (including phenoxy) is 5. The van der Waals surface area contributed by atoms with E-state index in [4.69, 9.17) is 28.1 Å². The van der Waals surface area contributed by atoms with Gasteiger partial charge in [-0.15, -0.1) is 0 Å². The van der Waals surface area contributed by atoms with E-state index in [9.17, 15) is 5.11 Å². The summed E-state index contributed by atoms with van der Waals surface area (Å²) >= 11 is 0. The van der Waals surface area contributed by atoms with Crippen molar-refractivity contribution in [2.75, 3.05) is 27.4 Å². The van der Waals surface area contributed by atoms with E-state index >= 15 is 0 Å². The van der Waals surface area contributed by atoms with Gasteiger partial charge in [-0.05, 0) is 25.1 Å². The van der Waals surface area contributed by atoms with Gasteiger partial charge < -0.3 is 33.2 Å². The van der Waals surface area contributed by atoms with Crippen LogP contribution in [0.5, 0.6) is 0 Å². The van der Waals surface area contributed by atoms with Gasteiger partial charge in [0, 0.05) is 32.0 Å². The van der Waals surface area contributed by atoms with Gasteiger partial charge >= 0.3 is 0 Å². The Balaban J connectivity index is 2.09. The Hall–Kier alpha value is -0.0631. The first-order valence-electron chi connectivity index (χ1n) is 12.0. The molecular formula is C24H48O7Si. The number of aliphatic hydroxyl groups is 1. The molecular weight excluding hydrogens is 428 g/mol. The lowest BCUT2D eigenvalue weighted by atomic mass is 9.85. The van der Waals surface area contributed by atoms with Crippen LogP contribution in [-0.4, -0.2) is 83.8 Å². The summed E-state index contributed by atoms with van der Waals surface area (Å²) in [7, 11) is 1.34. The number of hydrogen-bond donors (Lipinski definition) is 1. The molecule has 0 bridgehead atoms. The van der Waals surface area contributed by atoms with Crippen molar-refractivity contribution in [1.82, 2.24) is 0 Å². The van der Waals surface area contributed by atoms with E-state index in [1.54, 1.807) is 14.2 Å². The van der Waals surface area contributed by atoms with Crippen LogP contribution in [0.25, 0.3) is 0 Å². The Morgan fingerprint density at radius 2 is 1.47 bits per heavy atom. The molecule has 2 heterocycles. The normalized spacial score (nSPS) is 41.6. The van der Waals surface area contributed by atoms with Crippen molar-refractivity contribution in [2.45, 2.75) is 110 Å². The van der Waals surface area contributed by atoms with E-state index in [1.165, 1.54) is 0 Å². The summed E-state index contributed by atoms with van der Waals surface area (Å²) < 4.78 is 36.4. The molecule has 1 N–H and O–H groups in total. The highest BCUT2D eigenvalue weighted by molar-refractivity contribution is 6.74. The number of aliphatic hydroxyl groups excluding tert-OH is 1. The van der Waals surface area contributed by atoms with E-state index in [1.807, 2.05) is 6.92 Å². The molecule has 0 aromatic heterocycles. The molecule has 32 heavy (non-hydrogen) atoms. The zero-order valence-corrected chi connectivity index (χ0v) is 23.1. The maximum Gasteiger partial charge on any atom is 0.192 e. The number of hydrogen-bond acceptors (Lipinski definition) is 7. The molecule has 0 aliphatic carbocycles. The Labute approximate surface area is 196 Å². The van der Waals surface area contributed by atoms with Crippen LogP contribution in [0, 0.1) is 17.8 Å². The second-order valence-corrected chi connectivity index (χ2v) is 16.1. The maximum atomic E-state index is 11.2. The van der Waals surface area contributed by atoms with Crippen LogP contribution in [-0.2, 0) is 28.1 Å². The molecule has 2 rings (SSSR count). The summed E-state index contributed by atoms with van der Waals surface area (Å²) in [6.45, 7) is 20.1. The van der Waals surface area contributed by atoms with Crippen molar-refractivity contribution in [2.24, 2.45) is 17.8 Å². The molecule has 7 nitrogen and oxygen atoms in total. The van der Waals surface area contributed by atoms with Crippen LogP contribution in [0.2, 0.25) is 18.1 Å². The van der Waals surface area contributed by atoms with Gasteiger partial charge in [0.15, 0.2) is 14.6 Å². The minimum absolute atomic E-state index is 0.000268. The molecule has 2 fully saturated rings. The Bertz CT molecular complexity index is 581. The van der Waals surface area contributed by atoms with Crippen molar-refractivity contribution in [1.29, 1.82) is 0 Å². The van der Waals surface area contributed by atoms with Gasteiger partial charge in [-0.1, -0.05) is 41.5 Å². The van der Waals surface area contributed by atoms with Crippen LogP contribution < -0.4 is 0 Å². The standard InChI is InChI=1S/C24H48O7Si/c1-14-17(4)29-19(20(25)22(14)31-32(10,11)24(5,6)7)13-28-23-16(3)21(27-9)15(2)18(30-23)12-26-8/h14-23,25H,12-13H2,1-11H3/t14?,15-,16?,17-,18?,19?,20-,21-,22+,23+/m0/s1. The molecule has 8 heteroatoms. The van der Waals surface area contributed by atoms with Gasteiger partial charge in [-0.2, -0.15) is 0 Å². The molecule has 0 aromatic rings. The zero-order chi connectivity index (χ0) is 24.4. The minimum atomic E-state index is -2.05. The highest BCUT2D eigenvalue weighted by Gasteiger charge is 2.48. The van der Waals surface area contributed by atoms with E-state index in [2.05, 4.69) is 54.6 Å². The summed E-state index contributed by atoms with van der Waals surface area (Å²) in [5, 5.41) is 11.3. The van der Waals surface area contributed by atoms with Crippen LogP contribution >= 0.6 is 0 Å². The zero-order valence-electron chi connectivity index (χ0n) is 22.1. The minimum Gasteiger partial charge on any atom is -0.411 e. The lowest BCUT2D eigenvalue weighted by Crippen LogP contribution is -2.60. The maximum absolute atomic E-state index is 11.2. The summed E-state index contributed by atoms with van der Waals surface area (Å²) in [4.78, 5) is 0. The Kier molecular flexibility index (Phi) is 9.79. The fraction of sp³-hybridized carbons (Fsp3) is 1.00. The Morgan fingerprint density at radius 1 is 0.844 bits per heavy atom. The third-order valence-corrected chi connectivity index (χ3v) is 12.5. The number of rotatable bonds is 8. The summed E-state index contributed by atoms with van der Waals surface area (Å²) in [6.07, 6.45) is -2.14. The summed E-state index contributed by atoms with van der Waals surface area (Å²) in [5.74, 6) is 0.319. The largest absolute Gasteiger partial charge is 0.411 e. The summed E-state index contributed by atoms with van der Waals surface area (Å²) in [6, 6.07) is 0.